The van der Waals surface area contributed by atoms with Gasteiger partial charge in [0.2, 0.25) is 0 Å². The summed E-state index contributed by atoms with van der Waals surface area (Å²) in [6.45, 7) is 0.386. The highest BCUT2D eigenvalue weighted by molar-refractivity contribution is 7.95. The molecule has 1 unspecified atom stereocenters. The molecular weight excluding hydrogens is 423 g/mol. The van der Waals surface area contributed by atoms with Crippen molar-refractivity contribution in [1.82, 2.24) is 0 Å². The van der Waals surface area contributed by atoms with E-state index in [0.29, 0.717) is 12.2 Å². The molecule has 0 radical (unpaired) electrons. The minimum atomic E-state index is -1.50. The molecule has 1 atom stereocenters. The van der Waals surface area contributed by atoms with Gasteiger partial charge in [-0.05, 0) is 29.3 Å². The van der Waals surface area contributed by atoms with E-state index in [2.05, 4.69) is 12.5 Å². The number of hydrogen-bond acceptors (Lipinski definition) is 3. The summed E-state index contributed by atoms with van der Waals surface area (Å²) in [6.07, 6.45) is 9.33. The zero-order valence-corrected chi connectivity index (χ0v) is 16.9. The summed E-state index contributed by atoms with van der Waals surface area (Å²) in [5.74, 6) is 0.329. The van der Waals surface area contributed by atoms with E-state index in [-0.39, 0.29) is 40.8 Å². The van der Waals surface area contributed by atoms with Crippen molar-refractivity contribution in [2.24, 2.45) is 5.92 Å². The molecule has 1 aliphatic rings. The van der Waals surface area contributed by atoms with Crippen LogP contribution >= 0.6 is 0 Å². The van der Waals surface area contributed by atoms with Gasteiger partial charge < -0.3 is 33.8 Å². The maximum Gasteiger partial charge on any atom is 0.343 e. The van der Waals surface area contributed by atoms with E-state index in [1.165, 1.54) is 6.42 Å². The van der Waals surface area contributed by atoms with Gasteiger partial charge in [0.25, 0.3) is 0 Å². The summed E-state index contributed by atoms with van der Waals surface area (Å²) >= 11 is 0. The molecule has 5 heteroatoms. The fraction of sp³-hybridized carbons (Fsp3) is 0.611. The number of benzene rings is 1. The van der Waals surface area contributed by atoms with Crippen molar-refractivity contribution in [3.05, 3.63) is 35.9 Å². The molecule has 0 spiro atoms. The average Bonchev–Trinajstić information content (AvgIpc) is 2.55. The van der Waals surface area contributed by atoms with Gasteiger partial charge in [-0.3, -0.25) is 0 Å². The van der Waals surface area contributed by atoms with Gasteiger partial charge in [-0.25, -0.2) is 4.79 Å². The molecule has 0 bridgehead atoms. The third kappa shape index (κ3) is 5.36. The third-order valence-electron chi connectivity index (χ3n) is 4.45. The number of halogens is 1. The van der Waals surface area contributed by atoms with Crippen LogP contribution in [0.2, 0.25) is 0 Å². The second kappa shape index (κ2) is 9.89. The van der Waals surface area contributed by atoms with Gasteiger partial charge in [0, 0.05) is 5.92 Å². The molecule has 0 aromatic heterocycles. The van der Waals surface area contributed by atoms with Crippen LogP contribution in [-0.4, -0.2) is 35.9 Å². The van der Waals surface area contributed by atoms with Crippen LogP contribution in [0, 0.1) is 5.92 Å². The predicted octanol–water partition coefficient (Wildman–Crippen LogP) is -0.120. The zero-order chi connectivity index (χ0) is 16.0. The summed E-state index contributed by atoms with van der Waals surface area (Å²) in [4.78, 5) is 12.7. The van der Waals surface area contributed by atoms with E-state index < -0.39 is 11.6 Å². The number of ether oxygens (including phenoxy) is 1. The topological polar surface area (TPSA) is 46.5 Å². The fourth-order valence-electron chi connectivity index (χ4n) is 3.14. The summed E-state index contributed by atoms with van der Waals surface area (Å²) in [5, 5.41) is 11.3. The van der Waals surface area contributed by atoms with E-state index >= 15 is 0 Å². The maximum absolute atomic E-state index is 12.7. The fourth-order valence-corrected chi connectivity index (χ4v) is 3.56. The predicted molar refractivity (Wildman–Crippen MR) is 92.0 cm³/mol. The lowest BCUT2D eigenvalue weighted by atomic mass is 9.73. The van der Waals surface area contributed by atoms with Crippen molar-refractivity contribution in [3.63, 3.8) is 0 Å². The molecule has 0 heterocycles. The van der Waals surface area contributed by atoms with Gasteiger partial charge in [-0.15, -0.1) is 0 Å². The van der Waals surface area contributed by atoms with Gasteiger partial charge in [-0.2, -0.15) is 0 Å². The SMILES string of the molecule is C[S+](C)CCOC(=O)C(O)(c1ccccc1)C1CCCCC1.[I-]. The van der Waals surface area contributed by atoms with Crippen molar-refractivity contribution >= 4 is 16.9 Å². The number of aliphatic hydroxyl groups is 1. The molecule has 3 nitrogen and oxygen atoms in total. The highest BCUT2D eigenvalue weighted by Crippen LogP contribution is 2.40. The number of esters is 1. The number of hydrogen-bond donors (Lipinski definition) is 1. The highest BCUT2D eigenvalue weighted by Gasteiger charge is 2.47. The monoisotopic (exact) mass is 450 g/mol. The van der Waals surface area contributed by atoms with Crippen molar-refractivity contribution in [2.45, 2.75) is 37.7 Å². The largest absolute Gasteiger partial charge is 1.00 e. The van der Waals surface area contributed by atoms with Gasteiger partial charge >= 0.3 is 5.97 Å². The Morgan fingerprint density at radius 1 is 1.22 bits per heavy atom. The first-order chi connectivity index (χ1) is 10.5. The van der Waals surface area contributed by atoms with E-state index in [1.807, 2.05) is 30.3 Å². The zero-order valence-electron chi connectivity index (χ0n) is 14.0. The van der Waals surface area contributed by atoms with E-state index in [4.69, 9.17) is 4.74 Å². The summed E-state index contributed by atoms with van der Waals surface area (Å²) in [7, 11) is 0.233. The molecule has 2 rings (SSSR count). The lowest BCUT2D eigenvalue weighted by Gasteiger charge is -2.36. The molecule has 1 fully saturated rings. The molecule has 130 valence electrons. The van der Waals surface area contributed by atoms with Crippen LogP contribution in [0.5, 0.6) is 0 Å². The minimum absolute atomic E-state index is 0. The maximum atomic E-state index is 12.7. The van der Waals surface area contributed by atoms with Gasteiger partial charge in [0.15, 0.2) is 5.60 Å². The normalized spacial score (nSPS) is 18.1. The van der Waals surface area contributed by atoms with Crippen LogP contribution in [0.3, 0.4) is 0 Å². The Hall–Kier alpha value is -0.270. The van der Waals surface area contributed by atoms with Gasteiger partial charge in [-0.1, -0.05) is 49.6 Å². The van der Waals surface area contributed by atoms with E-state index in [9.17, 15) is 9.90 Å². The van der Waals surface area contributed by atoms with Crippen molar-refractivity contribution in [2.75, 3.05) is 24.9 Å². The van der Waals surface area contributed by atoms with Crippen LogP contribution in [0.15, 0.2) is 30.3 Å². The summed E-state index contributed by atoms with van der Waals surface area (Å²) in [6, 6.07) is 9.30. The average molecular weight is 450 g/mol. The Labute approximate surface area is 159 Å². The summed E-state index contributed by atoms with van der Waals surface area (Å²) < 4.78 is 5.44. The Morgan fingerprint density at radius 2 is 1.83 bits per heavy atom. The van der Waals surface area contributed by atoms with E-state index in [1.54, 1.807) is 0 Å². The van der Waals surface area contributed by atoms with Gasteiger partial charge in [0.05, 0.1) is 12.5 Å². The first kappa shape index (κ1) is 20.8. The van der Waals surface area contributed by atoms with E-state index in [0.717, 1.165) is 31.4 Å². The van der Waals surface area contributed by atoms with Crippen molar-refractivity contribution in [1.29, 1.82) is 0 Å². The molecule has 1 saturated carbocycles. The molecule has 1 aromatic carbocycles. The Balaban J connectivity index is 0.00000264. The quantitative estimate of drug-likeness (QED) is 0.374. The third-order valence-corrected chi connectivity index (χ3v) is 5.43. The lowest BCUT2D eigenvalue weighted by Crippen LogP contribution is -3.00. The molecule has 0 saturated heterocycles. The van der Waals surface area contributed by atoms with Crippen LogP contribution < -0.4 is 24.0 Å². The van der Waals surface area contributed by atoms with Crippen LogP contribution in [0.4, 0.5) is 0 Å². The standard InChI is InChI=1S/C18H27O3S.HI/c1-22(2)14-13-21-17(19)18(20,15-9-5-3-6-10-15)16-11-7-4-8-12-16;/h3,5-6,9-10,16,20H,4,7-8,11-14H2,1-2H3;1H/q+1;/p-1. The second-order valence-electron chi connectivity index (χ2n) is 6.29. The Kier molecular flexibility index (Phi) is 8.93. The molecular formula is C18H27IO3S. The molecule has 1 aliphatic carbocycles. The molecule has 0 aliphatic heterocycles. The first-order valence-corrected chi connectivity index (χ1v) is 10.3. The molecule has 0 amide bonds. The van der Waals surface area contributed by atoms with Crippen molar-refractivity contribution < 1.29 is 38.6 Å². The molecule has 1 N–H and O–H groups in total. The smallest absolute Gasteiger partial charge is 0.343 e. The van der Waals surface area contributed by atoms with Crippen LogP contribution in [0.25, 0.3) is 0 Å². The number of carbonyl (C=O) groups is 1. The van der Waals surface area contributed by atoms with Crippen molar-refractivity contribution in [3.8, 4) is 0 Å². The minimum Gasteiger partial charge on any atom is -1.00 e. The second-order valence-corrected chi connectivity index (χ2v) is 8.67. The van der Waals surface area contributed by atoms with Crippen LogP contribution in [0.1, 0.15) is 37.7 Å². The lowest BCUT2D eigenvalue weighted by molar-refractivity contribution is -0.175. The van der Waals surface area contributed by atoms with Crippen LogP contribution in [-0.2, 0) is 26.0 Å². The van der Waals surface area contributed by atoms with Gasteiger partial charge in [0.1, 0.15) is 12.4 Å². The molecule has 23 heavy (non-hydrogen) atoms. The first-order valence-electron chi connectivity index (χ1n) is 8.04. The summed E-state index contributed by atoms with van der Waals surface area (Å²) in [5.41, 5.74) is -0.833. The number of rotatable bonds is 6. The number of carbonyl (C=O) groups excluding carboxylic acids is 1. The Bertz CT molecular complexity index is 474. The highest BCUT2D eigenvalue weighted by atomic mass is 127. The Morgan fingerprint density at radius 3 is 2.39 bits per heavy atom. The molecule has 1 aromatic rings.